The molecule has 31 heavy (non-hydrogen) atoms. The Bertz CT molecular complexity index is 1200. The van der Waals surface area contributed by atoms with Crippen molar-refractivity contribution in [2.24, 2.45) is 4.99 Å². The Morgan fingerprint density at radius 3 is 2.94 bits per heavy atom. The van der Waals surface area contributed by atoms with Gasteiger partial charge in [-0.05, 0) is 29.7 Å². The highest BCUT2D eigenvalue weighted by atomic mass is 32.1. The fraction of sp³-hybridized carbons (Fsp3) is 0.286. The van der Waals surface area contributed by atoms with Crippen molar-refractivity contribution in [1.82, 2.24) is 30.4 Å². The van der Waals surface area contributed by atoms with Crippen LogP contribution in [-0.4, -0.2) is 49.0 Å². The van der Waals surface area contributed by atoms with Crippen LogP contribution in [0.2, 0.25) is 0 Å². The highest BCUT2D eigenvalue weighted by Crippen LogP contribution is 2.43. The number of hydrogen-bond acceptors (Lipinski definition) is 8. The maximum atomic E-state index is 12.1. The first-order valence-electron chi connectivity index (χ1n) is 9.95. The summed E-state index contributed by atoms with van der Waals surface area (Å²) in [7, 11) is 0. The van der Waals surface area contributed by atoms with E-state index < -0.39 is 6.10 Å². The molecule has 0 saturated heterocycles. The molecule has 2 aliphatic heterocycles. The van der Waals surface area contributed by atoms with E-state index in [-0.39, 0.29) is 12.5 Å². The fourth-order valence-electron chi connectivity index (χ4n) is 3.73. The molecule has 2 aliphatic rings. The molecular weight excluding hydrogens is 414 g/mol. The lowest BCUT2D eigenvalue weighted by Gasteiger charge is -2.25. The first kappa shape index (κ1) is 19.6. The van der Waals surface area contributed by atoms with Gasteiger partial charge in [0.05, 0.1) is 24.3 Å². The lowest BCUT2D eigenvalue weighted by Crippen LogP contribution is -2.31. The molecule has 4 heterocycles. The van der Waals surface area contributed by atoms with Crippen molar-refractivity contribution in [3.8, 4) is 0 Å². The standard InChI is InChI=1S/C21H21N7O2S/c1-12-3-5-14(6-4-12)16(29)9-28-25-17(24-26-28)10-27-11-23-21-18(13(27)2)15-7-8-22-20(30)19(15)31-21/h3-6,11,16,29H,2,7-10H2,1H3,(H,22,30). The van der Waals surface area contributed by atoms with Gasteiger partial charge in [0.1, 0.15) is 11.1 Å². The number of carbonyl (C=O) groups excluding carboxylic acids is 1. The number of tetrazole rings is 1. The molecule has 1 amide bonds. The SMILES string of the molecule is C=C1c2c(sc3c2CCNC3=O)N=CN1Cc1nnn(CC(O)c2ccc(C)cc2)n1. The Morgan fingerprint density at radius 2 is 2.13 bits per heavy atom. The average Bonchev–Trinajstić information content (AvgIpc) is 3.36. The predicted octanol–water partition coefficient (Wildman–Crippen LogP) is 2.21. The average molecular weight is 436 g/mol. The molecule has 0 saturated carbocycles. The van der Waals surface area contributed by atoms with Crippen molar-refractivity contribution in [2.75, 3.05) is 6.54 Å². The summed E-state index contributed by atoms with van der Waals surface area (Å²) in [5.41, 5.74) is 4.65. The Balaban J connectivity index is 1.29. The molecule has 0 aliphatic carbocycles. The summed E-state index contributed by atoms with van der Waals surface area (Å²) in [4.78, 5) is 20.6. The second-order valence-electron chi connectivity index (χ2n) is 7.60. The maximum absolute atomic E-state index is 12.1. The molecule has 3 aromatic rings. The van der Waals surface area contributed by atoms with Gasteiger partial charge in [-0.3, -0.25) is 4.79 Å². The number of fused-ring (bicyclic) bond motifs is 3. The Morgan fingerprint density at radius 1 is 1.32 bits per heavy atom. The van der Waals surface area contributed by atoms with Gasteiger partial charge in [-0.2, -0.15) is 4.80 Å². The van der Waals surface area contributed by atoms with E-state index in [9.17, 15) is 9.90 Å². The fourth-order valence-corrected chi connectivity index (χ4v) is 4.86. The third-order valence-electron chi connectivity index (χ3n) is 5.41. The molecule has 9 nitrogen and oxygen atoms in total. The van der Waals surface area contributed by atoms with Crippen LogP contribution < -0.4 is 5.32 Å². The van der Waals surface area contributed by atoms with E-state index in [0.29, 0.717) is 23.8 Å². The molecule has 0 fully saturated rings. The van der Waals surface area contributed by atoms with Crippen molar-refractivity contribution in [3.63, 3.8) is 0 Å². The molecule has 1 unspecified atom stereocenters. The highest BCUT2D eigenvalue weighted by molar-refractivity contribution is 7.18. The molecule has 0 bridgehead atoms. The van der Waals surface area contributed by atoms with Crippen LogP contribution in [0.1, 0.15) is 43.9 Å². The number of aliphatic hydroxyl groups excluding tert-OH is 1. The number of rotatable bonds is 5. The summed E-state index contributed by atoms with van der Waals surface area (Å²) in [5.74, 6) is 0.445. The second-order valence-corrected chi connectivity index (χ2v) is 8.60. The molecule has 0 spiro atoms. The Labute approximate surface area is 182 Å². The van der Waals surface area contributed by atoms with Gasteiger partial charge in [0.15, 0.2) is 5.82 Å². The van der Waals surface area contributed by atoms with E-state index in [1.165, 1.54) is 16.1 Å². The van der Waals surface area contributed by atoms with Crippen molar-refractivity contribution in [1.29, 1.82) is 0 Å². The van der Waals surface area contributed by atoms with Gasteiger partial charge in [-0.25, -0.2) is 4.99 Å². The van der Waals surface area contributed by atoms with Gasteiger partial charge < -0.3 is 15.3 Å². The lowest BCUT2D eigenvalue weighted by molar-refractivity contribution is 0.0950. The molecule has 10 heteroatoms. The van der Waals surface area contributed by atoms with Crippen molar-refractivity contribution < 1.29 is 9.90 Å². The Hall–Kier alpha value is -3.37. The minimum absolute atomic E-state index is 0.0491. The van der Waals surface area contributed by atoms with Crippen LogP contribution in [0.4, 0.5) is 5.00 Å². The van der Waals surface area contributed by atoms with Gasteiger partial charge in [-0.15, -0.1) is 21.5 Å². The monoisotopic (exact) mass is 435 g/mol. The smallest absolute Gasteiger partial charge is 0.261 e. The van der Waals surface area contributed by atoms with Crippen LogP contribution in [0.25, 0.3) is 5.70 Å². The van der Waals surface area contributed by atoms with Crippen LogP contribution in [0, 0.1) is 6.92 Å². The molecule has 158 valence electrons. The van der Waals surface area contributed by atoms with E-state index in [4.69, 9.17) is 0 Å². The number of amides is 1. The van der Waals surface area contributed by atoms with Gasteiger partial charge >= 0.3 is 0 Å². The summed E-state index contributed by atoms with van der Waals surface area (Å²) < 4.78 is 0. The van der Waals surface area contributed by atoms with Gasteiger partial charge in [0, 0.05) is 17.8 Å². The van der Waals surface area contributed by atoms with Crippen molar-refractivity contribution >= 4 is 34.3 Å². The number of nitrogens with zero attached hydrogens (tertiary/aromatic N) is 6. The molecule has 1 atom stereocenters. The minimum Gasteiger partial charge on any atom is -0.386 e. The normalized spacial score (nSPS) is 16.1. The maximum Gasteiger partial charge on any atom is 0.261 e. The summed E-state index contributed by atoms with van der Waals surface area (Å²) in [6, 6.07) is 7.71. The summed E-state index contributed by atoms with van der Waals surface area (Å²) in [6.07, 6.45) is 1.73. The number of aromatic nitrogens is 4. The van der Waals surface area contributed by atoms with E-state index >= 15 is 0 Å². The Kier molecular flexibility index (Phi) is 4.87. The zero-order valence-electron chi connectivity index (χ0n) is 16.9. The zero-order chi connectivity index (χ0) is 21.5. The molecule has 5 rings (SSSR count). The topological polar surface area (TPSA) is 109 Å². The first-order valence-corrected chi connectivity index (χ1v) is 10.8. The van der Waals surface area contributed by atoms with Gasteiger partial charge in [-0.1, -0.05) is 36.4 Å². The number of nitrogens with one attached hydrogen (secondary N) is 1. The largest absolute Gasteiger partial charge is 0.386 e. The van der Waals surface area contributed by atoms with Crippen LogP contribution in [0.3, 0.4) is 0 Å². The van der Waals surface area contributed by atoms with Crippen LogP contribution in [0.15, 0.2) is 35.8 Å². The minimum atomic E-state index is -0.722. The van der Waals surface area contributed by atoms with Crippen LogP contribution in [0.5, 0.6) is 0 Å². The summed E-state index contributed by atoms with van der Waals surface area (Å²) in [6.45, 7) is 7.40. The highest BCUT2D eigenvalue weighted by Gasteiger charge is 2.30. The second kappa shape index (κ2) is 7.71. The third-order valence-corrected chi connectivity index (χ3v) is 6.55. The summed E-state index contributed by atoms with van der Waals surface area (Å²) >= 11 is 1.39. The zero-order valence-corrected chi connectivity index (χ0v) is 17.8. The van der Waals surface area contributed by atoms with Crippen LogP contribution in [-0.2, 0) is 19.5 Å². The number of aryl methyl sites for hydroxylation is 1. The molecule has 2 N–H and O–H groups in total. The molecule has 2 aromatic heterocycles. The van der Waals surface area contributed by atoms with Crippen molar-refractivity contribution in [3.05, 3.63) is 63.8 Å². The number of carbonyl (C=O) groups is 1. The number of aliphatic hydroxyl groups is 1. The van der Waals surface area contributed by atoms with Gasteiger partial charge in [0.25, 0.3) is 5.91 Å². The summed E-state index contributed by atoms with van der Waals surface area (Å²) in [5, 5.41) is 26.7. The van der Waals surface area contributed by atoms with Gasteiger partial charge in [0.2, 0.25) is 0 Å². The number of benzene rings is 1. The quantitative estimate of drug-likeness (QED) is 0.636. The van der Waals surface area contributed by atoms with E-state index in [1.54, 1.807) is 6.34 Å². The molecule has 1 aromatic carbocycles. The molecule has 0 radical (unpaired) electrons. The van der Waals surface area contributed by atoms with E-state index in [1.807, 2.05) is 36.1 Å². The number of aliphatic imine (C=N–C) groups is 1. The third kappa shape index (κ3) is 3.64. The number of hydrogen-bond donors (Lipinski definition) is 2. The number of thiophene rings is 1. The lowest BCUT2D eigenvalue weighted by atomic mass is 10.0. The predicted molar refractivity (Wildman–Crippen MR) is 117 cm³/mol. The molecular formula is C21H21N7O2S. The first-order chi connectivity index (χ1) is 15.0. The van der Waals surface area contributed by atoms with Crippen LogP contribution >= 0.6 is 11.3 Å². The van der Waals surface area contributed by atoms with E-state index in [2.05, 4.69) is 32.3 Å². The van der Waals surface area contributed by atoms with Crippen molar-refractivity contribution in [2.45, 2.75) is 32.5 Å². The van der Waals surface area contributed by atoms with E-state index in [0.717, 1.165) is 39.4 Å².